The molecular formula is C17H24N2O2. The lowest BCUT2D eigenvalue weighted by atomic mass is 9.84. The van der Waals surface area contributed by atoms with Gasteiger partial charge in [-0.25, -0.2) is 4.98 Å². The molecule has 4 nitrogen and oxygen atoms in total. The summed E-state index contributed by atoms with van der Waals surface area (Å²) in [5, 5.41) is 11.5. The third-order valence-corrected chi connectivity index (χ3v) is 2.83. The number of carbonyl (C=O) groups excluding carboxylic acids is 1. The lowest BCUT2D eigenvalue weighted by Gasteiger charge is -2.22. The van der Waals surface area contributed by atoms with E-state index >= 15 is 0 Å². The topological polar surface area (TPSA) is 62.2 Å². The molecule has 0 spiro atoms. The summed E-state index contributed by atoms with van der Waals surface area (Å²) in [4.78, 5) is 16.1. The summed E-state index contributed by atoms with van der Waals surface area (Å²) in [5.74, 6) is 6.14. The van der Waals surface area contributed by atoms with Crippen molar-refractivity contribution in [2.45, 2.75) is 40.5 Å². The number of rotatable bonds is 4. The molecule has 21 heavy (non-hydrogen) atoms. The van der Waals surface area contributed by atoms with Crippen molar-refractivity contribution >= 4 is 11.7 Å². The highest BCUT2D eigenvalue weighted by molar-refractivity contribution is 5.90. The summed E-state index contributed by atoms with van der Waals surface area (Å²) in [6, 6.07) is 3.44. The van der Waals surface area contributed by atoms with Crippen molar-refractivity contribution in [3.63, 3.8) is 0 Å². The summed E-state index contributed by atoms with van der Waals surface area (Å²) in [7, 11) is 0. The zero-order valence-electron chi connectivity index (χ0n) is 13.2. The van der Waals surface area contributed by atoms with E-state index in [4.69, 9.17) is 5.11 Å². The van der Waals surface area contributed by atoms with E-state index in [1.54, 1.807) is 18.3 Å². The number of nitrogens with zero attached hydrogens (tertiary/aromatic N) is 1. The van der Waals surface area contributed by atoms with Crippen LogP contribution in [-0.4, -0.2) is 22.6 Å². The molecule has 114 valence electrons. The fourth-order valence-electron chi connectivity index (χ4n) is 2.35. The second-order valence-corrected chi connectivity index (χ2v) is 6.51. The lowest BCUT2D eigenvalue weighted by Crippen LogP contribution is -2.19. The molecule has 1 heterocycles. The summed E-state index contributed by atoms with van der Waals surface area (Å²) >= 11 is 0. The zero-order chi connectivity index (χ0) is 15.9. The average molecular weight is 288 g/mol. The van der Waals surface area contributed by atoms with Crippen LogP contribution in [0.15, 0.2) is 18.3 Å². The normalized spacial score (nSPS) is 12.2. The minimum absolute atomic E-state index is 0.0356. The largest absolute Gasteiger partial charge is 0.384 e. The van der Waals surface area contributed by atoms with Crippen molar-refractivity contribution in [2.24, 2.45) is 11.3 Å². The first kappa shape index (κ1) is 17.2. The summed E-state index contributed by atoms with van der Waals surface area (Å²) < 4.78 is 0. The minimum atomic E-state index is -0.186. The molecule has 2 N–H and O–H groups in total. The van der Waals surface area contributed by atoms with Crippen molar-refractivity contribution < 1.29 is 9.90 Å². The number of aromatic nitrogens is 1. The molecule has 4 heteroatoms. The van der Waals surface area contributed by atoms with Crippen molar-refractivity contribution in [1.82, 2.24) is 4.98 Å². The molecule has 1 aromatic heterocycles. The van der Waals surface area contributed by atoms with Crippen LogP contribution in [0.4, 0.5) is 5.82 Å². The van der Waals surface area contributed by atoms with Gasteiger partial charge in [0.15, 0.2) is 0 Å². The predicted octanol–water partition coefficient (Wildman–Crippen LogP) is 2.83. The number of aliphatic hydroxyl groups is 1. The van der Waals surface area contributed by atoms with Crippen LogP contribution in [0, 0.1) is 23.2 Å². The van der Waals surface area contributed by atoms with E-state index in [0.717, 1.165) is 12.0 Å². The van der Waals surface area contributed by atoms with Gasteiger partial charge in [0.1, 0.15) is 12.4 Å². The van der Waals surface area contributed by atoms with Gasteiger partial charge in [-0.05, 0) is 29.9 Å². The number of pyridine rings is 1. The molecule has 1 amide bonds. The molecule has 1 aromatic rings. The SMILES string of the molecule is CC(CC(=O)Nc1cc(C#CCO)ccn1)CC(C)(C)C. The Labute approximate surface area is 127 Å². The fourth-order valence-corrected chi connectivity index (χ4v) is 2.35. The predicted molar refractivity (Wildman–Crippen MR) is 84.7 cm³/mol. The zero-order valence-corrected chi connectivity index (χ0v) is 13.2. The first-order chi connectivity index (χ1) is 9.80. The number of nitrogens with one attached hydrogen (secondary N) is 1. The number of hydrogen-bond donors (Lipinski definition) is 2. The van der Waals surface area contributed by atoms with E-state index in [0.29, 0.717) is 18.2 Å². The fraction of sp³-hybridized carbons (Fsp3) is 0.529. The van der Waals surface area contributed by atoms with Crippen LogP contribution in [0.5, 0.6) is 0 Å². The maximum Gasteiger partial charge on any atom is 0.225 e. The molecule has 0 fully saturated rings. The lowest BCUT2D eigenvalue weighted by molar-refractivity contribution is -0.117. The standard InChI is InChI=1S/C17H24N2O2/c1-13(12-17(2,3)4)10-16(21)19-15-11-14(6-5-9-20)7-8-18-15/h7-8,11,13,20H,9-10,12H2,1-4H3,(H,18,19,21). The Morgan fingerprint density at radius 2 is 2.19 bits per heavy atom. The van der Waals surface area contributed by atoms with Gasteiger partial charge in [-0.1, -0.05) is 39.5 Å². The number of amides is 1. The first-order valence-electron chi connectivity index (χ1n) is 7.16. The highest BCUT2D eigenvalue weighted by Crippen LogP contribution is 2.26. The van der Waals surface area contributed by atoms with Crippen LogP contribution < -0.4 is 5.32 Å². The van der Waals surface area contributed by atoms with Gasteiger partial charge in [-0.3, -0.25) is 4.79 Å². The van der Waals surface area contributed by atoms with E-state index < -0.39 is 0 Å². The van der Waals surface area contributed by atoms with E-state index in [-0.39, 0.29) is 17.9 Å². The molecule has 0 aliphatic rings. The van der Waals surface area contributed by atoms with Gasteiger partial charge in [0.2, 0.25) is 5.91 Å². The van der Waals surface area contributed by atoms with Gasteiger partial charge in [0.25, 0.3) is 0 Å². The Hall–Kier alpha value is -1.86. The molecule has 0 bridgehead atoms. The third-order valence-electron chi connectivity index (χ3n) is 2.83. The second kappa shape index (κ2) is 7.80. The van der Waals surface area contributed by atoms with Crippen LogP contribution in [0.25, 0.3) is 0 Å². The van der Waals surface area contributed by atoms with Crippen LogP contribution in [0.3, 0.4) is 0 Å². The van der Waals surface area contributed by atoms with Gasteiger partial charge in [-0.15, -0.1) is 0 Å². The average Bonchev–Trinajstić information content (AvgIpc) is 2.34. The summed E-state index contributed by atoms with van der Waals surface area (Å²) in [6.45, 7) is 8.42. The Morgan fingerprint density at radius 1 is 1.48 bits per heavy atom. The second-order valence-electron chi connectivity index (χ2n) is 6.51. The number of aliphatic hydroxyl groups excluding tert-OH is 1. The number of hydrogen-bond acceptors (Lipinski definition) is 3. The molecule has 0 saturated heterocycles. The number of anilines is 1. The van der Waals surface area contributed by atoms with Gasteiger partial charge in [-0.2, -0.15) is 0 Å². The van der Waals surface area contributed by atoms with Gasteiger partial charge in [0.05, 0.1) is 0 Å². The highest BCUT2D eigenvalue weighted by Gasteiger charge is 2.17. The van der Waals surface area contributed by atoms with Gasteiger partial charge in [0, 0.05) is 18.2 Å². The number of carbonyl (C=O) groups is 1. The Kier molecular flexibility index (Phi) is 6.39. The van der Waals surface area contributed by atoms with E-state index in [2.05, 4.69) is 49.8 Å². The van der Waals surface area contributed by atoms with Gasteiger partial charge < -0.3 is 10.4 Å². The molecular weight excluding hydrogens is 264 g/mol. The molecule has 0 aromatic carbocycles. The quantitative estimate of drug-likeness (QED) is 0.837. The Balaban J connectivity index is 2.59. The summed E-state index contributed by atoms with van der Waals surface area (Å²) in [6.07, 6.45) is 3.07. The Morgan fingerprint density at radius 3 is 2.81 bits per heavy atom. The molecule has 0 aliphatic heterocycles. The molecule has 1 unspecified atom stereocenters. The van der Waals surface area contributed by atoms with E-state index in [1.807, 2.05) is 0 Å². The van der Waals surface area contributed by atoms with Crippen molar-refractivity contribution in [1.29, 1.82) is 0 Å². The molecule has 0 saturated carbocycles. The summed E-state index contributed by atoms with van der Waals surface area (Å²) in [5.41, 5.74) is 0.940. The smallest absolute Gasteiger partial charge is 0.225 e. The molecule has 1 atom stereocenters. The van der Waals surface area contributed by atoms with Crippen molar-refractivity contribution in [2.75, 3.05) is 11.9 Å². The van der Waals surface area contributed by atoms with Crippen LogP contribution in [0.1, 0.15) is 46.1 Å². The van der Waals surface area contributed by atoms with E-state index in [9.17, 15) is 4.79 Å². The molecule has 1 rings (SSSR count). The van der Waals surface area contributed by atoms with Crippen molar-refractivity contribution in [3.8, 4) is 11.8 Å². The third kappa shape index (κ3) is 7.48. The van der Waals surface area contributed by atoms with E-state index in [1.165, 1.54) is 0 Å². The maximum absolute atomic E-state index is 12.0. The molecule has 0 radical (unpaired) electrons. The van der Waals surface area contributed by atoms with Gasteiger partial charge >= 0.3 is 0 Å². The highest BCUT2D eigenvalue weighted by atomic mass is 16.2. The molecule has 0 aliphatic carbocycles. The minimum Gasteiger partial charge on any atom is -0.384 e. The monoisotopic (exact) mass is 288 g/mol. The Bertz CT molecular complexity index is 536. The van der Waals surface area contributed by atoms with Crippen LogP contribution >= 0.6 is 0 Å². The van der Waals surface area contributed by atoms with Crippen molar-refractivity contribution in [3.05, 3.63) is 23.9 Å². The maximum atomic E-state index is 12.0. The van der Waals surface area contributed by atoms with Crippen LogP contribution in [-0.2, 0) is 4.79 Å². The van der Waals surface area contributed by atoms with Crippen LogP contribution in [0.2, 0.25) is 0 Å². The first-order valence-corrected chi connectivity index (χ1v) is 7.16.